The molecule has 4 N–H and O–H groups in total. The molecule has 1 heterocycles. The molecule has 21 heavy (non-hydrogen) atoms. The van der Waals surface area contributed by atoms with Crippen LogP contribution in [-0.2, 0) is 0 Å². The van der Waals surface area contributed by atoms with E-state index in [4.69, 9.17) is 5.84 Å². The maximum absolute atomic E-state index is 11.1. The zero-order valence-electron chi connectivity index (χ0n) is 12.2. The third-order valence-electron chi connectivity index (χ3n) is 4.08. The fourth-order valence-electron chi connectivity index (χ4n) is 2.95. The first-order valence-electron chi connectivity index (χ1n) is 7.40. The summed E-state index contributed by atoms with van der Waals surface area (Å²) in [6.45, 7) is 2.08. The van der Waals surface area contributed by atoms with Gasteiger partial charge in [0.2, 0.25) is 11.8 Å². The Morgan fingerprint density at radius 2 is 2.19 bits per heavy atom. The van der Waals surface area contributed by atoms with Crippen LogP contribution in [0.3, 0.4) is 0 Å². The predicted octanol–water partition coefficient (Wildman–Crippen LogP) is 2.44. The van der Waals surface area contributed by atoms with E-state index in [0.717, 1.165) is 19.3 Å². The van der Waals surface area contributed by atoms with Crippen LogP contribution in [-0.4, -0.2) is 20.9 Å². The zero-order valence-corrected chi connectivity index (χ0v) is 12.2. The van der Waals surface area contributed by atoms with Crippen LogP contribution in [0, 0.1) is 16.0 Å². The topological polar surface area (TPSA) is 119 Å². The number of rotatable bonds is 6. The van der Waals surface area contributed by atoms with Gasteiger partial charge in [0.05, 0.1) is 4.92 Å². The highest BCUT2D eigenvalue weighted by Gasteiger charge is 2.26. The number of nitrogen functional groups attached to an aromatic ring is 1. The number of nitrogens with zero attached hydrogens (tertiary/aromatic N) is 3. The summed E-state index contributed by atoms with van der Waals surface area (Å²) in [5, 5.41) is 14.3. The molecule has 1 atom stereocenters. The molecule has 0 saturated heterocycles. The van der Waals surface area contributed by atoms with E-state index in [1.807, 2.05) is 0 Å². The summed E-state index contributed by atoms with van der Waals surface area (Å²) in [7, 11) is 0. The second-order valence-electron chi connectivity index (χ2n) is 5.39. The number of nitrogens with two attached hydrogens (primary N) is 1. The summed E-state index contributed by atoms with van der Waals surface area (Å²) >= 11 is 0. The van der Waals surface area contributed by atoms with Gasteiger partial charge >= 0.3 is 5.69 Å². The molecular formula is C13H22N6O2. The van der Waals surface area contributed by atoms with Crippen LogP contribution in [0.4, 0.5) is 17.5 Å². The van der Waals surface area contributed by atoms with Gasteiger partial charge in [0.25, 0.3) is 0 Å². The highest BCUT2D eigenvalue weighted by molar-refractivity contribution is 5.57. The summed E-state index contributed by atoms with van der Waals surface area (Å²) < 4.78 is 0. The second-order valence-corrected chi connectivity index (χ2v) is 5.39. The van der Waals surface area contributed by atoms with E-state index < -0.39 is 4.92 Å². The Labute approximate surface area is 123 Å². The highest BCUT2D eigenvalue weighted by atomic mass is 16.6. The Bertz CT molecular complexity index is 490. The minimum absolute atomic E-state index is 0.122. The van der Waals surface area contributed by atoms with Crippen molar-refractivity contribution >= 4 is 17.5 Å². The van der Waals surface area contributed by atoms with Crippen molar-refractivity contribution in [3.63, 3.8) is 0 Å². The molecule has 0 amide bonds. The minimum Gasteiger partial charge on any atom is -0.361 e. The summed E-state index contributed by atoms with van der Waals surface area (Å²) in [6, 6.07) is 0.185. The van der Waals surface area contributed by atoms with Gasteiger partial charge < -0.3 is 5.32 Å². The molecule has 0 radical (unpaired) electrons. The van der Waals surface area contributed by atoms with E-state index in [0.29, 0.717) is 5.92 Å². The molecule has 1 aliphatic carbocycles. The average molecular weight is 294 g/mol. The normalized spacial score (nSPS) is 17.2. The molecule has 2 rings (SSSR count). The van der Waals surface area contributed by atoms with Gasteiger partial charge in [-0.25, -0.2) is 10.8 Å². The Morgan fingerprint density at radius 3 is 2.76 bits per heavy atom. The van der Waals surface area contributed by atoms with E-state index in [1.54, 1.807) is 0 Å². The maximum atomic E-state index is 11.1. The molecule has 116 valence electrons. The number of aromatic nitrogens is 2. The standard InChI is InChI=1S/C13H22N6O2/c1-2-10(9-6-4-3-5-7-9)16-12-11(19(20)21)8-15-13(17-12)18-14/h8-10H,2-7,14H2,1H3,(H2,15,16,17,18). The zero-order chi connectivity index (χ0) is 15.2. The molecule has 0 bridgehead atoms. The van der Waals surface area contributed by atoms with E-state index in [1.165, 1.54) is 25.5 Å². The van der Waals surface area contributed by atoms with Crippen LogP contribution in [0.5, 0.6) is 0 Å². The van der Waals surface area contributed by atoms with Crippen molar-refractivity contribution in [1.82, 2.24) is 9.97 Å². The number of hydrazine groups is 1. The van der Waals surface area contributed by atoms with Gasteiger partial charge in [0, 0.05) is 6.04 Å². The lowest BCUT2D eigenvalue weighted by Gasteiger charge is -2.30. The van der Waals surface area contributed by atoms with Crippen LogP contribution < -0.4 is 16.6 Å². The largest absolute Gasteiger partial charge is 0.361 e. The lowest BCUT2D eigenvalue weighted by Crippen LogP contribution is -2.31. The third-order valence-corrected chi connectivity index (χ3v) is 4.08. The number of nitro groups is 1. The molecule has 1 aliphatic rings. The quantitative estimate of drug-likeness (QED) is 0.418. The molecule has 1 saturated carbocycles. The van der Waals surface area contributed by atoms with Gasteiger partial charge in [0.15, 0.2) is 0 Å². The molecule has 0 spiro atoms. The van der Waals surface area contributed by atoms with Crippen LogP contribution >= 0.6 is 0 Å². The van der Waals surface area contributed by atoms with Crippen molar-refractivity contribution in [2.24, 2.45) is 11.8 Å². The summed E-state index contributed by atoms with van der Waals surface area (Å²) in [6.07, 6.45) is 8.13. The highest BCUT2D eigenvalue weighted by Crippen LogP contribution is 2.31. The average Bonchev–Trinajstić information content (AvgIpc) is 2.53. The minimum atomic E-state index is -0.476. The van der Waals surface area contributed by atoms with Gasteiger partial charge in [-0.3, -0.25) is 15.5 Å². The fraction of sp³-hybridized carbons (Fsp3) is 0.692. The van der Waals surface area contributed by atoms with Gasteiger partial charge in [-0.2, -0.15) is 4.98 Å². The van der Waals surface area contributed by atoms with E-state index in [-0.39, 0.29) is 23.5 Å². The van der Waals surface area contributed by atoms with E-state index in [2.05, 4.69) is 27.6 Å². The first kappa shape index (κ1) is 15.4. The number of hydrogen-bond donors (Lipinski definition) is 3. The summed E-state index contributed by atoms with van der Waals surface area (Å²) in [4.78, 5) is 18.5. The molecule has 1 fully saturated rings. The van der Waals surface area contributed by atoms with Crippen molar-refractivity contribution < 1.29 is 4.92 Å². The number of nitrogens with one attached hydrogen (secondary N) is 2. The van der Waals surface area contributed by atoms with Crippen molar-refractivity contribution in [1.29, 1.82) is 0 Å². The SMILES string of the molecule is CCC(Nc1nc(NN)ncc1[N+](=O)[O-])C1CCCCC1. The van der Waals surface area contributed by atoms with E-state index in [9.17, 15) is 10.1 Å². The molecule has 8 heteroatoms. The Morgan fingerprint density at radius 1 is 1.48 bits per heavy atom. The lowest BCUT2D eigenvalue weighted by atomic mass is 9.83. The fourth-order valence-corrected chi connectivity index (χ4v) is 2.95. The molecule has 0 aromatic carbocycles. The van der Waals surface area contributed by atoms with Crippen molar-refractivity contribution in [2.45, 2.75) is 51.5 Å². The Hall–Kier alpha value is -1.96. The molecule has 1 unspecified atom stereocenters. The molecule has 8 nitrogen and oxygen atoms in total. The molecule has 0 aliphatic heterocycles. The molecular weight excluding hydrogens is 272 g/mol. The third kappa shape index (κ3) is 3.78. The van der Waals surface area contributed by atoms with Crippen LogP contribution in [0.1, 0.15) is 45.4 Å². The summed E-state index contributed by atoms with van der Waals surface area (Å²) in [5.41, 5.74) is 2.20. The molecule has 1 aromatic heterocycles. The van der Waals surface area contributed by atoms with Crippen molar-refractivity contribution in [3.05, 3.63) is 16.3 Å². The van der Waals surface area contributed by atoms with Gasteiger partial charge in [-0.15, -0.1) is 0 Å². The van der Waals surface area contributed by atoms with Crippen LogP contribution in [0.25, 0.3) is 0 Å². The lowest BCUT2D eigenvalue weighted by molar-refractivity contribution is -0.384. The van der Waals surface area contributed by atoms with Gasteiger partial charge in [-0.1, -0.05) is 26.2 Å². The van der Waals surface area contributed by atoms with Gasteiger partial charge in [0.1, 0.15) is 6.20 Å². The first-order valence-corrected chi connectivity index (χ1v) is 7.40. The smallest absolute Gasteiger partial charge is 0.329 e. The first-order chi connectivity index (χ1) is 10.2. The van der Waals surface area contributed by atoms with Crippen LogP contribution in [0.15, 0.2) is 6.20 Å². The molecule has 1 aromatic rings. The van der Waals surface area contributed by atoms with Gasteiger partial charge in [-0.05, 0) is 25.2 Å². The second kappa shape index (κ2) is 7.16. The van der Waals surface area contributed by atoms with Crippen molar-refractivity contribution in [2.75, 3.05) is 10.7 Å². The Kier molecular flexibility index (Phi) is 5.26. The summed E-state index contributed by atoms with van der Waals surface area (Å²) in [5.74, 6) is 6.22. The number of anilines is 2. The number of hydrogen-bond acceptors (Lipinski definition) is 7. The van der Waals surface area contributed by atoms with E-state index >= 15 is 0 Å². The Balaban J connectivity index is 2.20. The predicted molar refractivity (Wildman–Crippen MR) is 80.8 cm³/mol. The van der Waals surface area contributed by atoms with Crippen LogP contribution in [0.2, 0.25) is 0 Å². The monoisotopic (exact) mass is 294 g/mol. The van der Waals surface area contributed by atoms with Crippen molar-refractivity contribution in [3.8, 4) is 0 Å². The maximum Gasteiger partial charge on any atom is 0.329 e.